The molecule has 2 aromatic rings. The Morgan fingerprint density at radius 3 is 2.74 bits per heavy atom. The molecule has 0 aliphatic rings. The Hall–Kier alpha value is -1.81. The molecule has 102 valence electrons. The SMILES string of the molecule is COCC(C)Cn1cc(C)nc1Nc1ccccc1. The van der Waals surface area contributed by atoms with Crippen LogP contribution in [0.5, 0.6) is 0 Å². The average Bonchev–Trinajstić information content (AvgIpc) is 2.71. The van der Waals surface area contributed by atoms with Gasteiger partial charge in [0.05, 0.1) is 12.3 Å². The van der Waals surface area contributed by atoms with E-state index in [1.54, 1.807) is 7.11 Å². The number of anilines is 2. The zero-order valence-corrected chi connectivity index (χ0v) is 11.8. The lowest BCUT2D eigenvalue weighted by Crippen LogP contribution is -2.13. The zero-order chi connectivity index (χ0) is 13.7. The Bertz CT molecular complexity index is 507. The summed E-state index contributed by atoms with van der Waals surface area (Å²) in [5, 5.41) is 3.35. The first-order chi connectivity index (χ1) is 9.19. The van der Waals surface area contributed by atoms with Crippen molar-refractivity contribution in [3.8, 4) is 0 Å². The van der Waals surface area contributed by atoms with Gasteiger partial charge in [-0.05, 0) is 25.0 Å². The minimum atomic E-state index is 0.454. The summed E-state index contributed by atoms with van der Waals surface area (Å²) in [4.78, 5) is 4.53. The quantitative estimate of drug-likeness (QED) is 0.865. The number of hydrogen-bond donors (Lipinski definition) is 1. The Kier molecular flexibility index (Phi) is 4.58. The Balaban J connectivity index is 2.12. The van der Waals surface area contributed by atoms with Crippen molar-refractivity contribution < 1.29 is 4.74 Å². The van der Waals surface area contributed by atoms with Crippen molar-refractivity contribution in [1.29, 1.82) is 0 Å². The average molecular weight is 259 g/mol. The maximum absolute atomic E-state index is 5.19. The largest absolute Gasteiger partial charge is 0.384 e. The van der Waals surface area contributed by atoms with E-state index in [-0.39, 0.29) is 0 Å². The summed E-state index contributed by atoms with van der Waals surface area (Å²) < 4.78 is 7.33. The molecule has 0 radical (unpaired) electrons. The third-order valence-corrected chi connectivity index (χ3v) is 2.89. The molecule has 1 N–H and O–H groups in total. The fourth-order valence-corrected chi connectivity index (χ4v) is 2.11. The van der Waals surface area contributed by atoms with Crippen LogP contribution in [-0.4, -0.2) is 23.3 Å². The summed E-state index contributed by atoms with van der Waals surface area (Å²) in [7, 11) is 1.73. The number of benzene rings is 1. The number of imidazole rings is 1. The summed E-state index contributed by atoms with van der Waals surface area (Å²) >= 11 is 0. The number of aryl methyl sites for hydroxylation is 1. The van der Waals surface area contributed by atoms with Crippen LogP contribution in [0.3, 0.4) is 0 Å². The molecule has 1 atom stereocenters. The fraction of sp³-hybridized carbons (Fsp3) is 0.400. The Labute approximate surface area is 114 Å². The zero-order valence-electron chi connectivity index (χ0n) is 11.8. The smallest absolute Gasteiger partial charge is 0.207 e. The summed E-state index contributed by atoms with van der Waals surface area (Å²) in [5.41, 5.74) is 2.07. The van der Waals surface area contributed by atoms with Gasteiger partial charge >= 0.3 is 0 Å². The van der Waals surface area contributed by atoms with Crippen molar-refractivity contribution in [3.63, 3.8) is 0 Å². The minimum Gasteiger partial charge on any atom is -0.384 e. The van der Waals surface area contributed by atoms with Crippen LogP contribution in [0, 0.1) is 12.8 Å². The molecule has 4 nitrogen and oxygen atoms in total. The first kappa shape index (κ1) is 13.6. The summed E-state index contributed by atoms with van der Waals surface area (Å²) in [6, 6.07) is 10.1. The first-order valence-electron chi connectivity index (χ1n) is 6.54. The molecular weight excluding hydrogens is 238 g/mol. The van der Waals surface area contributed by atoms with E-state index in [0.717, 1.165) is 30.5 Å². The summed E-state index contributed by atoms with van der Waals surface area (Å²) in [5.74, 6) is 1.33. The minimum absolute atomic E-state index is 0.454. The summed E-state index contributed by atoms with van der Waals surface area (Å²) in [6.07, 6.45) is 2.07. The van der Waals surface area contributed by atoms with Crippen LogP contribution in [0.4, 0.5) is 11.6 Å². The van der Waals surface area contributed by atoms with E-state index < -0.39 is 0 Å². The number of aromatic nitrogens is 2. The van der Waals surface area contributed by atoms with Gasteiger partial charge in [-0.2, -0.15) is 0 Å². The lowest BCUT2D eigenvalue weighted by atomic mass is 10.2. The molecule has 1 aromatic carbocycles. The molecular formula is C15H21N3O. The molecule has 2 rings (SSSR count). The van der Waals surface area contributed by atoms with Crippen LogP contribution in [0.25, 0.3) is 0 Å². The highest BCUT2D eigenvalue weighted by atomic mass is 16.5. The van der Waals surface area contributed by atoms with E-state index in [1.807, 2.05) is 37.3 Å². The van der Waals surface area contributed by atoms with Crippen molar-refractivity contribution in [1.82, 2.24) is 9.55 Å². The van der Waals surface area contributed by atoms with Crippen molar-refractivity contribution in [2.75, 3.05) is 19.0 Å². The van der Waals surface area contributed by atoms with E-state index in [9.17, 15) is 0 Å². The van der Waals surface area contributed by atoms with E-state index in [4.69, 9.17) is 4.74 Å². The molecule has 0 spiro atoms. The van der Waals surface area contributed by atoms with Gasteiger partial charge in [-0.3, -0.25) is 0 Å². The van der Waals surface area contributed by atoms with Crippen LogP contribution in [0.1, 0.15) is 12.6 Å². The van der Waals surface area contributed by atoms with E-state index in [0.29, 0.717) is 5.92 Å². The van der Waals surface area contributed by atoms with Gasteiger partial charge in [-0.25, -0.2) is 4.98 Å². The molecule has 0 saturated heterocycles. The van der Waals surface area contributed by atoms with Crippen LogP contribution in [0.15, 0.2) is 36.5 Å². The van der Waals surface area contributed by atoms with Crippen molar-refractivity contribution in [2.45, 2.75) is 20.4 Å². The van der Waals surface area contributed by atoms with Crippen LogP contribution in [-0.2, 0) is 11.3 Å². The van der Waals surface area contributed by atoms with Crippen molar-refractivity contribution >= 4 is 11.6 Å². The fourth-order valence-electron chi connectivity index (χ4n) is 2.11. The van der Waals surface area contributed by atoms with Crippen molar-refractivity contribution in [3.05, 3.63) is 42.2 Å². The molecule has 0 saturated carbocycles. The highest BCUT2D eigenvalue weighted by molar-refractivity contribution is 5.53. The van der Waals surface area contributed by atoms with Crippen molar-refractivity contribution in [2.24, 2.45) is 5.92 Å². The van der Waals surface area contributed by atoms with E-state index >= 15 is 0 Å². The maximum atomic E-state index is 5.19. The van der Waals surface area contributed by atoms with Crippen LogP contribution in [0.2, 0.25) is 0 Å². The molecule has 1 heterocycles. The highest BCUT2D eigenvalue weighted by Crippen LogP contribution is 2.17. The van der Waals surface area contributed by atoms with Gasteiger partial charge in [-0.1, -0.05) is 25.1 Å². The lowest BCUT2D eigenvalue weighted by Gasteiger charge is -2.14. The molecule has 0 aliphatic carbocycles. The molecule has 0 fully saturated rings. The number of rotatable bonds is 6. The second-order valence-electron chi connectivity index (χ2n) is 4.91. The standard InChI is InChI=1S/C15H21N3O/c1-12(11-19-3)9-18-10-13(2)16-15(18)17-14-7-5-4-6-8-14/h4-8,10,12H,9,11H2,1-3H3,(H,16,17). The van der Waals surface area contributed by atoms with E-state index in [2.05, 4.69) is 28.0 Å². The van der Waals surface area contributed by atoms with Gasteiger partial charge in [-0.15, -0.1) is 0 Å². The predicted octanol–water partition coefficient (Wildman–Crippen LogP) is 3.22. The normalized spacial score (nSPS) is 12.4. The monoisotopic (exact) mass is 259 g/mol. The Morgan fingerprint density at radius 2 is 2.05 bits per heavy atom. The number of para-hydroxylation sites is 1. The van der Waals surface area contributed by atoms with Crippen LogP contribution >= 0.6 is 0 Å². The number of hydrogen-bond acceptors (Lipinski definition) is 3. The van der Waals surface area contributed by atoms with Gasteiger partial charge in [0.2, 0.25) is 5.95 Å². The van der Waals surface area contributed by atoms with Gasteiger partial charge in [0.1, 0.15) is 0 Å². The highest BCUT2D eigenvalue weighted by Gasteiger charge is 2.09. The Morgan fingerprint density at radius 1 is 1.32 bits per heavy atom. The van der Waals surface area contributed by atoms with Gasteiger partial charge in [0.25, 0.3) is 0 Å². The number of nitrogens with one attached hydrogen (secondary N) is 1. The molecule has 4 heteroatoms. The van der Waals surface area contributed by atoms with Gasteiger partial charge in [0.15, 0.2) is 0 Å². The molecule has 1 aromatic heterocycles. The molecule has 1 unspecified atom stereocenters. The molecule has 19 heavy (non-hydrogen) atoms. The topological polar surface area (TPSA) is 39.1 Å². The second-order valence-corrected chi connectivity index (χ2v) is 4.91. The lowest BCUT2D eigenvalue weighted by molar-refractivity contribution is 0.151. The number of methoxy groups -OCH3 is 1. The second kappa shape index (κ2) is 6.38. The van der Waals surface area contributed by atoms with Crippen LogP contribution < -0.4 is 5.32 Å². The third kappa shape index (κ3) is 3.83. The maximum Gasteiger partial charge on any atom is 0.207 e. The molecule has 0 aliphatic heterocycles. The summed E-state index contributed by atoms with van der Waals surface area (Å²) in [6.45, 7) is 5.82. The van der Waals surface area contributed by atoms with Gasteiger partial charge in [0, 0.05) is 25.5 Å². The number of ether oxygens (including phenoxy) is 1. The number of nitrogens with zero attached hydrogens (tertiary/aromatic N) is 2. The third-order valence-electron chi connectivity index (χ3n) is 2.89. The van der Waals surface area contributed by atoms with E-state index in [1.165, 1.54) is 0 Å². The molecule has 0 bridgehead atoms. The first-order valence-corrected chi connectivity index (χ1v) is 6.54. The molecule has 0 amide bonds. The van der Waals surface area contributed by atoms with Gasteiger partial charge < -0.3 is 14.6 Å². The predicted molar refractivity (Wildman–Crippen MR) is 77.7 cm³/mol.